The van der Waals surface area contributed by atoms with Gasteiger partial charge in [-0.1, -0.05) is 60.7 Å². The lowest BCUT2D eigenvalue weighted by Gasteiger charge is -2.37. The van der Waals surface area contributed by atoms with Crippen LogP contribution >= 0.6 is 0 Å². The summed E-state index contributed by atoms with van der Waals surface area (Å²) in [4.78, 5) is 32.6. The van der Waals surface area contributed by atoms with Gasteiger partial charge in [0.05, 0.1) is 6.67 Å². The Labute approximate surface area is 199 Å². The van der Waals surface area contributed by atoms with E-state index in [1.807, 2.05) is 72.8 Å². The van der Waals surface area contributed by atoms with E-state index in [4.69, 9.17) is 0 Å². The van der Waals surface area contributed by atoms with Crippen LogP contribution in [0.15, 0.2) is 84.9 Å². The predicted octanol–water partition coefficient (Wildman–Crippen LogP) is 3.16. The molecule has 0 aromatic heterocycles. The Morgan fingerprint density at radius 3 is 2.06 bits per heavy atom. The van der Waals surface area contributed by atoms with E-state index in [1.165, 1.54) is 4.90 Å². The van der Waals surface area contributed by atoms with Crippen molar-refractivity contribution < 1.29 is 14.7 Å². The molecule has 0 radical (unpaired) electrons. The number of anilines is 1. The molecule has 2 aliphatic rings. The highest BCUT2D eigenvalue weighted by Gasteiger charge is 2.52. The Balaban J connectivity index is 1.32. The molecule has 3 aromatic rings. The van der Waals surface area contributed by atoms with Gasteiger partial charge in [-0.05, 0) is 35.4 Å². The maximum atomic E-state index is 13.8. The molecule has 0 unspecified atom stereocenters. The number of benzene rings is 3. The molecule has 1 atom stereocenters. The fourth-order valence-corrected chi connectivity index (χ4v) is 4.81. The van der Waals surface area contributed by atoms with Crippen molar-refractivity contribution in [3.63, 3.8) is 0 Å². The van der Waals surface area contributed by atoms with Gasteiger partial charge in [-0.2, -0.15) is 0 Å². The minimum atomic E-state index is -1.12. The van der Waals surface area contributed by atoms with E-state index in [9.17, 15) is 14.7 Å². The highest BCUT2D eigenvalue weighted by atomic mass is 16.3. The SMILES string of the molecule is O=C1N[C@](Cc2ccccc2)(c2ccccc2)C(=O)N1CN1CCN(c2ccc(O)cc2)CC1. The third-order valence-corrected chi connectivity index (χ3v) is 6.68. The molecule has 2 heterocycles. The number of piperazine rings is 1. The molecule has 2 saturated heterocycles. The number of phenolic OH excluding ortho intramolecular Hbond substituents is 1. The Hall–Kier alpha value is -3.84. The normalized spacial score (nSPS) is 21.1. The van der Waals surface area contributed by atoms with Crippen LogP contribution in [0.2, 0.25) is 0 Å². The van der Waals surface area contributed by atoms with Gasteiger partial charge < -0.3 is 15.3 Å². The zero-order valence-corrected chi connectivity index (χ0v) is 18.9. The number of hydrogen-bond donors (Lipinski definition) is 2. The van der Waals surface area contributed by atoms with Gasteiger partial charge in [0, 0.05) is 38.3 Å². The fraction of sp³-hybridized carbons (Fsp3) is 0.259. The molecule has 3 amide bonds. The molecule has 0 spiro atoms. The lowest BCUT2D eigenvalue weighted by molar-refractivity contribution is -0.133. The minimum absolute atomic E-state index is 0.214. The van der Waals surface area contributed by atoms with Crippen LogP contribution in [0.3, 0.4) is 0 Å². The number of imide groups is 1. The quantitative estimate of drug-likeness (QED) is 0.558. The molecule has 2 fully saturated rings. The molecule has 2 aliphatic heterocycles. The number of amides is 3. The van der Waals surface area contributed by atoms with Crippen LogP contribution in [0.25, 0.3) is 0 Å². The average Bonchev–Trinajstić information content (AvgIpc) is 3.11. The summed E-state index contributed by atoms with van der Waals surface area (Å²) >= 11 is 0. The first-order valence-corrected chi connectivity index (χ1v) is 11.5. The third-order valence-electron chi connectivity index (χ3n) is 6.68. The number of carbonyl (C=O) groups excluding carboxylic acids is 2. The molecule has 7 nitrogen and oxygen atoms in total. The van der Waals surface area contributed by atoms with Crippen molar-refractivity contribution in [3.8, 4) is 5.75 Å². The summed E-state index contributed by atoms with van der Waals surface area (Å²) in [7, 11) is 0. The molecule has 0 bridgehead atoms. The van der Waals surface area contributed by atoms with Gasteiger partial charge in [0.15, 0.2) is 5.54 Å². The molecule has 34 heavy (non-hydrogen) atoms. The number of urea groups is 1. The number of hydrogen-bond acceptors (Lipinski definition) is 5. The lowest BCUT2D eigenvalue weighted by atomic mass is 9.83. The van der Waals surface area contributed by atoms with Crippen molar-refractivity contribution in [1.82, 2.24) is 15.1 Å². The Morgan fingerprint density at radius 1 is 0.794 bits per heavy atom. The molecule has 2 N–H and O–H groups in total. The molecule has 5 rings (SSSR count). The van der Waals surface area contributed by atoms with Crippen LogP contribution in [0.4, 0.5) is 10.5 Å². The van der Waals surface area contributed by atoms with Gasteiger partial charge in [-0.3, -0.25) is 9.69 Å². The second-order valence-corrected chi connectivity index (χ2v) is 8.86. The van der Waals surface area contributed by atoms with Gasteiger partial charge in [0.2, 0.25) is 0 Å². The number of aromatic hydroxyl groups is 1. The second kappa shape index (κ2) is 9.19. The summed E-state index contributed by atoms with van der Waals surface area (Å²) in [6.07, 6.45) is 0.396. The van der Waals surface area contributed by atoms with Gasteiger partial charge in [0.25, 0.3) is 5.91 Å². The smallest absolute Gasteiger partial charge is 0.326 e. The Kier molecular flexibility index (Phi) is 5.94. The number of nitrogens with zero attached hydrogens (tertiary/aromatic N) is 3. The van der Waals surface area contributed by atoms with E-state index in [0.29, 0.717) is 6.42 Å². The number of nitrogens with one attached hydrogen (secondary N) is 1. The molecule has 0 aliphatic carbocycles. The summed E-state index contributed by atoms with van der Waals surface area (Å²) in [5.41, 5.74) is 1.72. The van der Waals surface area contributed by atoms with Crippen molar-refractivity contribution in [3.05, 3.63) is 96.1 Å². The van der Waals surface area contributed by atoms with E-state index in [0.717, 1.165) is 43.0 Å². The van der Waals surface area contributed by atoms with E-state index < -0.39 is 5.54 Å². The molecular formula is C27H28N4O3. The first-order valence-electron chi connectivity index (χ1n) is 11.5. The van der Waals surface area contributed by atoms with Gasteiger partial charge in [0.1, 0.15) is 5.75 Å². The minimum Gasteiger partial charge on any atom is -0.508 e. The maximum absolute atomic E-state index is 13.8. The fourth-order valence-electron chi connectivity index (χ4n) is 4.81. The van der Waals surface area contributed by atoms with Crippen molar-refractivity contribution in [1.29, 1.82) is 0 Å². The summed E-state index contributed by atoms with van der Waals surface area (Å²) in [5.74, 6) is 0.0341. The van der Waals surface area contributed by atoms with Crippen molar-refractivity contribution in [2.24, 2.45) is 0 Å². The van der Waals surface area contributed by atoms with Gasteiger partial charge in [-0.15, -0.1) is 0 Å². The van der Waals surface area contributed by atoms with Gasteiger partial charge >= 0.3 is 6.03 Å². The number of carbonyl (C=O) groups is 2. The monoisotopic (exact) mass is 456 g/mol. The summed E-state index contributed by atoms with van der Waals surface area (Å²) in [6.45, 7) is 3.28. The van der Waals surface area contributed by atoms with Crippen LogP contribution in [-0.2, 0) is 16.8 Å². The molecule has 0 saturated carbocycles. The van der Waals surface area contributed by atoms with Crippen molar-refractivity contribution in [2.45, 2.75) is 12.0 Å². The molecular weight excluding hydrogens is 428 g/mol. The summed E-state index contributed by atoms with van der Waals surface area (Å²) < 4.78 is 0. The predicted molar refractivity (Wildman–Crippen MR) is 130 cm³/mol. The second-order valence-electron chi connectivity index (χ2n) is 8.86. The summed E-state index contributed by atoms with van der Waals surface area (Å²) in [5, 5.41) is 12.6. The van der Waals surface area contributed by atoms with E-state index >= 15 is 0 Å². The van der Waals surface area contributed by atoms with Crippen LogP contribution < -0.4 is 10.2 Å². The molecule has 3 aromatic carbocycles. The standard InChI is InChI=1S/C27H28N4O3/c32-24-13-11-23(12-14-24)30-17-15-29(16-18-30)20-31-25(33)27(28-26(31)34,22-9-5-2-6-10-22)19-21-7-3-1-4-8-21/h1-14,32H,15-20H2,(H,28,34)/t27-/m1/s1. The molecule has 7 heteroatoms. The Morgan fingerprint density at radius 2 is 1.41 bits per heavy atom. The molecule has 174 valence electrons. The largest absolute Gasteiger partial charge is 0.508 e. The van der Waals surface area contributed by atoms with E-state index in [2.05, 4.69) is 15.1 Å². The van der Waals surface area contributed by atoms with Crippen LogP contribution in [-0.4, -0.2) is 59.7 Å². The topological polar surface area (TPSA) is 76.1 Å². The average molecular weight is 457 g/mol. The first kappa shape index (κ1) is 22.0. The lowest BCUT2D eigenvalue weighted by Crippen LogP contribution is -2.52. The highest BCUT2D eigenvalue weighted by molar-refractivity contribution is 6.07. The van der Waals surface area contributed by atoms with E-state index in [-0.39, 0.29) is 24.4 Å². The van der Waals surface area contributed by atoms with Crippen LogP contribution in [0.1, 0.15) is 11.1 Å². The maximum Gasteiger partial charge on any atom is 0.326 e. The van der Waals surface area contributed by atoms with Crippen molar-refractivity contribution >= 4 is 17.6 Å². The van der Waals surface area contributed by atoms with Crippen LogP contribution in [0, 0.1) is 0 Å². The number of rotatable bonds is 6. The summed E-state index contributed by atoms with van der Waals surface area (Å²) in [6, 6.07) is 26.1. The highest BCUT2D eigenvalue weighted by Crippen LogP contribution is 2.33. The zero-order chi connectivity index (χ0) is 23.5. The third kappa shape index (κ3) is 4.22. The zero-order valence-electron chi connectivity index (χ0n) is 18.9. The Bertz CT molecular complexity index is 1150. The van der Waals surface area contributed by atoms with E-state index in [1.54, 1.807) is 12.1 Å². The van der Waals surface area contributed by atoms with Crippen molar-refractivity contribution in [2.75, 3.05) is 37.7 Å². The number of phenols is 1. The van der Waals surface area contributed by atoms with Gasteiger partial charge in [-0.25, -0.2) is 9.69 Å². The van der Waals surface area contributed by atoms with Crippen LogP contribution in [0.5, 0.6) is 5.75 Å². The first-order chi connectivity index (χ1) is 16.5.